The van der Waals surface area contributed by atoms with Crippen molar-refractivity contribution in [3.63, 3.8) is 0 Å². The van der Waals surface area contributed by atoms with Gasteiger partial charge >= 0.3 is 0 Å². The van der Waals surface area contributed by atoms with Gasteiger partial charge in [0, 0.05) is 23.6 Å². The number of nitrogens with two attached hydrogens (primary N) is 1. The maximum absolute atomic E-state index is 12.1. The molecule has 1 aromatic heterocycles. The number of anilines is 1. The second kappa shape index (κ2) is 4.96. The molecule has 5 nitrogen and oxygen atoms in total. The number of aromatic nitrogens is 1. The van der Waals surface area contributed by atoms with Gasteiger partial charge in [-0.1, -0.05) is 12.1 Å². The number of rotatable bonds is 1. The van der Waals surface area contributed by atoms with Crippen molar-refractivity contribution in [3.05, 3.63) is 39.9 Å². The highest BCUT2D eigenvalue weighted by atomic mass is 32.1. The van der Waals surface area contributed by atoms with E-state index in [2.05, 4.69) is 36.3 Å². The molecule has 0 bridgehead atoms. The summed E-state index contributed by atoms with van der Waals surface area (Å²) < 4.78 is 5.95. The van der Waals surface area contributed by atoms with Gasteiger partial charge in [0.15, 0.2) is 5.13 Å². The Hall–Kier alpha value is -2.08. The van der Waals surface area contributed by atoms with E-state index in [0.29, 0.717) is 18.1 Å². The Balaban J connectivity index is 1.76. The van der Waals surface area contributed by atoms with Crippen LogP contribution in [-0.2, 0) is 17.8 Å². The Morgan fingerprint density at radius 2 is 2.26 bits per heavy atom. The summed E-state index contributed by atoms with van der Waals surface area (Å²) in [6.07, 6.45) is 1.31. The van der Waals surface area contributed by atoms with E-state index in [0.717, 1.165) is 28.3 Å². The molecule has 23 heavy (non-hydrogen) atoms. The summed E-state index contributed by atoms with van der Waals surface area (Å²) in [5.74, 6) is 1.01. The maximum Gasteiger partial charge on any atom is 0.221 e. The summed E-state index contributed by atoms with van der Waals surface area (Å²) in [6.45, 7) is 4.64. The number of benzene rings is 1. The minimum atomic E-state index is -0.165. The fourth-order valence-corrected chi connectivity index (χ4v) is 4.41. The van der Waals surface area contributed by atoms with Crippen molar-refractivity contribution in [2.75, 3.05) is 5.73 Å². The summed E-state index contributed by atoms with van der Waals surface area (Å²) in [5.41, 5.74) is 8.95. The second-order valence-electron chi connectivity index (χ2n) is 6.80. The van der Waals surface area contributed by atoms with Gasteiger partial charge in [0.2, 0.25) is 5.91 Å². The highest BCUT2D eigenvalue weighted by Crippen LogP contribution is 2.41. The number of hydrogen-bond donors (Lipinski definition) is 2. The first kappa shape index (κ1) is 14.5. The van der Waals surface area contributed by atoms with Crippen LogP contribution < -0.4 is 15.8 Å². The third kappa shape index (κ3) is 2.57. The lowest BCUT2D eigenvalue weighted by atomic mass is 9.91. The van der Waals surface area contributed by atoms with Crippen LogP contribution in [0.1, 0.15) is 47.9 Å². The summed E-state index contributed by atoms with van der Waals surface area (Å²) in [6, 6.07) is 6.25. The lowest BCUT2D eigenvalue weighted by molar-refractivity contribution is -0.121. The number of amides is 1. The summed E-state index contributed by atoms with van der Waals surface area (Å²) in [7, 11) is 0. The van der Waals surface area contributed by atoms with E-state index < -0.39 is 0 Å². The zero-order valence-corrected chi connectivity index (χ0v) is 14.0. The van der Waals surface area contributed by atoms with Crippen LogP contribution in [-0.4, -0.2) is 16.5 Å². The Morgan fingerprint density at radius 3 is 3.09 bits per heavy atom. The van der Waals surface area contributed by atoms with Gasteiger partial charge in [-0.25, -0.2) is 4.98 Å². The average Bonchev–Trinajstić information content (AvgIpc) is 2.94. The molecule has 0 aliphatic carbocycles. The van der Waals surface area contributed by atoms with Gasteiger partial charge in [0.05, 0.1) is 12.2 Å². The molecular formula is C17H19N3O2S. The van der Waals surface area contributed by atoms with E-state index in [1.807, 2.05) is 6.07 Å². The first-order valence-electron chi connectivity index (χ1n) is 7.75. The fourth-order valence-electron chi connectivity index (χ4n) is 3.43. The summed E-state index contributed by atoms with van der Waals surface area (Å²) >= 11 is 1.48. The largest absolute Gasteiger partial charge is 0.487 e. The van der Waals surface area contributed by atoms with Gasteiger partial charge in [-0.2, -0.15) is 0 Å². The molecule has 4 rings (SSSR count). The molecular weight excluding hydrogens is 310 g/mol. The molecule has 1 atom stereocenters. The van der Waals surface area contributed by atoms with Crippen LogP contribution >= 0.6 is 11.3 Å². The molecule has 0 fully saturated rings. The van der Waals surface area contributed by atoms with Crippen LogP contribution in [0.3, 0.4) is 0 Å². The van der Waals surface area contributed by atoms with Gasteiger partial charge in [0.1, 0.15) is 11.4 Å². The third-order valence-electron chi connectivity index (χ3n) is 4.39. The Kier molecular flexibility index (Phi) is 3.13. The molecule has 0 radical (unpaired) electrons. The molecule has 0 spiro atoms. The normalized spacial score (nSPS) is 21.8. The van der Waals surface area contributed by atoms with E-state index in [1.54, 1.807) is 0 Å². The van der Waals surface area contributed by atoms with Crippen LogP contribution in [0.5, 0.6) is 5.75 Å². The summed E-state index contributed by atoms with van der Waals surface area (Å²) in [4.78, 5) is 17.5. The Morgan fingerprint density at radius 1 is 1.43 bits per heavy atom. The van der Waals surface area contributed by atoms with Crippen molar-refractivity contribution >= 4 is 22.4 Å². The van der Waals surface area contributed by atoms with Gasteiger partial charge in [0.25, 0.3) is 0 Å². The minimum absolute atomic E-state index is 0.0105. The molecule has 3 N–H and O–H groups in total. The zero-order valence-electron chi connectivity index (χ0n) is 13.2. The number of thiazole rings is 1. The van der Waals surface area contributed by atoms with Crippen LogP contribution in [0.4, 0.5) is 5.13 Å². The number of nitrogens with zero attached hydrogens (tertiary/aromatic N) is 1. The average molecular weight is 329 g/mol. The highest BCUT2D eigenvalue weighted by molar-refractivity contribution is 7.15. The lowest BCUT2D eigenvalue weighted by Gasteiger charge is -2.16. The standard InChI is InChI=1S/C17H19N3O2S/c1-17(2)7-10-5-9(3-4-13(10)22-17)11-6-14(21)19-8-12-15(11)23-16(18)20-12/h3-5,11H,6-8H2,1-2H3,(H2,18,20)(H,19,21). The monoisotopic (exact) mass is 329 g/mol. The molecule has 6 heteroatoms. The molecule has 1 aromatic carbocycles. The predicted molar refractivity (Wildman–Crippen MR) is 89.7 cm³/mol. The smallest absolute Gasteiger partial charge is 0.221 e. The number of fused-ring (bicyclic) bond motifs is 2. The van der Waals surface area contributed by atoms with Crippen LogP contribution in [0.2, 0.25) is 0 Å². The van der Waals surface area contributed by atoms with E-state index in [1.165, 1.54) is 16.9 Å². The number of ether oxygens (including phenoxy) is 1. The van der Waals surface area contributed by atoms with Crippen molar-refractivity contribution in [2.45, 2.75) is 44.8 Å². The van der Waals surface area contributed by atoms with Crippen molar-refractivity contribution in [2.24, 2.45) is 0 Å². The molecule has 0 saturated carbocycles. The lowest BCUT2D eigenvalue weighted by Crippen LogP contribution is -2.24. The van der Waals surface area contributed by atoms with Gasteiger partial charge in [-0.05, 0) is 31.0 Å². The van der Waals surface area contributed by atoms with Crippen LogP contribution in [0.25, 0.3) is 0 Å². The van der Waals surface area contributed by atoms with Crippen molar-refractivity contribution in [3.8, 4) is 5.75 Å². The topological polar surface area (TPSA) is 77.2 Å². The predicted octanol–water partition coefficient (Wildman–Crippen LogP) is 2.59. The molecule has 3 heterocycles. The third-order valence-corrected chi connectivity index (χ3v) is 5.43. The second-order valence-corrected chi connectivity index (χ2v) is 7.86. The SMILES string of the molecule is CC1(C)Cc2cc(C3CC(=O)NCc4nc(N)sc43)ccc2O1. The van der Waals surface area contributed by atoms with Gasteiger partial charge in [-0.15, -0.1) is 11.3 Å². The first-order chi connectivity index (χ1) is 10.9. The zero-order chi connectivity index (χ0) is 16.2. The maximum atomic E-state index is 12.1. The van der Waals surface area contributed by atoms with E-state index in [-0.39, 0.29) is 17.4 Å². The summed E-state index contributed by atoms with van der Waals surface area (Å²) in [5, 5.41) is 3.46. The fraction of sp³-hybridized carbons (Fsp3) is 0.412. The quantitative estimate of drug-likeness (QED) is 0.843. The molecule has 1 amide bonds. The Bertz CT molecular complexity index is 797. The number of nitrogen functional groups attached to an aromatic ring is 1. The van der Waals surface area contributed by atoms with Crippen LogP contribution in [0.15, 0.2) is 18.2 Å². The van der Waals surface area contributed by atoms with Crippen molar-refractivity contribution in [1.82, 2.24) is 10.3 Å². The number of hydrogen-bond acceptors (Lipinski definition) is 5. The number of carbonyl (C=O) groups is 1. The Labute approximate surface area is 138 Å². The molecule has 0 saturated heterocycles. The molecule has 2 aromatic rings. The highest BCUT2D eigenvalue weighted by Gasteiger charge is 2.32. The molecule has 2 aliphatic heterocycles. The van der Waals surface area contributed by atoms with Crippen molar-refractivity contribution < 1.29 is 9.53 Å². The molecule has 1 unspecified atom stereocenters. The molecule has 2 aliphatic rings. The molecule has 120 valence electrons. The van der Waals surface area contributed by atoms with E-state index in [9.17, 15) is 4.79 Å². The van der Waals surface area contributed by atoms with Gasteiger partial charge in [-0.3, -0.25) is 4.79 Å². The minimum Gasteiger partial charge on any atom is -0.487 e. The first-order valence-corrected chi connectivity index (χ1v) is 8.56. The van der Waals surface area contributed by atoms with Crippen LogP contribution in [0, 0.1) is 0 Å². The van der Waals surface area contributed by atoms with E-state index in [4.69, 9.17) is 10.5 Å². The van der Waals surface area contributed by atoms with Crippen molar-refractivity contribution in [1.29, 1.82) is 0 Å². The number of carbonyl (C=O) groups excluding carboxylic acids is 1. The number of nitrogens with one attached hydrogen (secondary N) is 1. The van der Waals surface area contributed by atoms with Gasteiger partial charge < -0.3 is 15.8 Å². The van der Waals surface area contributed by atoms with E-state index >= 15 is 0 Å².